The third-order valence-corrected chi connectivity index (χ3v) is 5.56. The van der Waals surface area contributed by atoms with Crippen molar-refractivity contribution in [1.82, 2.24) is 14.8 Å². The first-order chi connectivity index (χ1) is 14.3. The van der Waals surface area contributed by atoms with Crippen LogP contribution in [-0.4, -0.2) is 19.9 Å². The van der Waals surface area contributed by atoms with E-state index in [1.54, 1.807) is 23.6 Å². The third-order valence-electron chi connectivity index (χ3n) is 4.21. The maximum absolute atomic E-state index is 13.3. The lowest BCUT2D eigenvalue weighted by Crippen LogP contribution is -2.07. The Morgan fingerprint density at radius 2 is 1.77 bits per heavy atom. The second-order valence-corrected chi connectivity index (χ2v) is 8.03. The van der Waals surface area contributed by atoms with E-state index in [1.807, 2.05) is 24.3 Å². The van der Waals surface area contributed by atoms with Crippen LogP contribution in [0.2, 0.25) is 0 Å². The molecule has 0 radical (unpaired) electrons. The van der Waals surface area contributed by atoms with Crippen molar-refractivity contribution in [1.29, 1.82) is 0 Å². The zero-order chi connectivity index (χ0) is 21.3. The molecule has 9 heteroatoms. The van der Waals surface area contributed by atoms with Crippen molar-refractivity contribution >= 4 is 39.4 Å². The van der Waals surface area contributed by atoms with Gasteiger partial charge in [0.05, 0.1) is 11.4 Å². The van der Waals surface area contributed by atoms with E-state index in [2.05, 4.69) is 26.0 Å². The number of hydrogen-bond donors (Lipinski definition) is 1. The molecule has 4 rings (SSSR count). The first-order valence-electron chi connectivity index (χ1n) is 8.66. The number of hydrogen-bond acceptors (Lipinski definition) is 4. The molecule has 0 spiro atoms. The van der Waals surface area contributed by atoms with Gasteiger partial charge in [0.25, 0.3) is 0 Å². The summed E-state index contributed by atoms with van der Waals surface area (Å²) in [7, 11) is 0. The van der Waals surface area contributed by atoms with Crippen molar-refractivity contribution in [3.05, 3.63) is 81.4 Å². The van der Waals surface area contributed by atoms with Gasteiger partial charge in [-0.3, -0.25) is 0 Å². The van der Waals surface area contributed by atoms with Crippen molar-refractivity contribution < 1.29 is 18.3 Å². The SMILES string of the molecule is Oc1ccccc1/C=C/c1cc(C(F)(F)F)nn1-c1nc(-c2ccc(Br)cc2)cs1. The molecular formula is C21H13BrF3N3OS. The molecule has 0 fully saturated rings. The summed E-state index contributed by atoms with van der Waals surface area (Å²) in [5.74, 6) is 0.0302. The topological polar surface area (TPSA) is 50.9 Å². The van der Waals surface area contributed by atoms with Gasteiger partial charge in [-0.05, 0) is 36.4 Å². The standard InChI is InChI=1S/C21H13BrF3N3OS/c22-15-8-5-13(6-9-15)17-12-30-20(26-17)28-16(11-19(27-28)21(23,24)25)10-7-14-3-1-2-4-18(14)29/h1-12,29H/b10-7+. The van der Waals surface area contributed by atoms with Gasteiger partial charge >= 0.3 is 6.18 Å². The van der Waals surface area contributed by atoms with Gasteiger partial charge in [-0.25, -0.2) is 9.67 Å². The van der Waals surface area contributed by atoms with E-state index in [-0.39, 0.29) is 11.4 Å². The highest BCUT2D eigenvalue weighted by molar-refractivity contribution is 9.10. The summed E-state index contributed by atoms with van der Waals surface area (Å²) in [6.07, 6.45) is -1.58. The Morgan fingerprint density at radius 3 is 2.47 bits per heavy atom. The molecule has 4 nitrogen and oxygen atoms in total. The maximum Gasteiger partial charge on any atom is 0.435 e. The average Bonchev–Trinajstić information content (AvgIpc) is 3.35. The molecule has 152 valence electrons. The lowest BCUT2D eigenvalue weighted by molar-refractivity contribution is -0.141. The van der Waals surface area contributed by atoms with Crippen molar-refractivity contribution in [3.63, 3.8) is 0 Å². The Morgan fingerprint density at radius 1 is 1.03 bits per heavy atom. The smallest absolute Gasteiger partial charge is 0.435 e. The number of phenolic OH excluding ortho intramolecular Hbond substituents is 1. The number of nitrogens with zero attached hydrogens (tertiary/aromatic N) is 3. The summed E-state index contributed by atoms with van der Waals surface area (Å²) >= 11 is 4.56. The molecule has 2 aromatic heterocycles. The van der Waals surface area contributed by atoms with Crippen molar-refractivity contribution in [2.24, 2.45) is 0 Å². The Hall–Kier alpha value is -2.91. The number of halogens is 4. The minimum absolute atomic E-state index is 0.0302. The van der Waals surface area contributed by atoms with Gasteiger partial charge in [0.2, 0.25) is 5.13 Å². The Labute approximate surface area is 182 Å². The molecule has 0 bridgehead atoms. The second-order valence-electron chi connectivity index (χ2n) is 6.28. The predicted molar refractivity (Wildman–Crippen MR) is 114 cm³/mol. The number of aromatic hydroxyl groups is 1. The molecule has 2 heterocycles. The first kappa shape index (κ1) is 20.4. The molecule has 0 aliphatic rings. The van der Waals surface area contributed by atoms with Gasteiger partial charge in [0.15, 0.2) is 5.69 Å². The summed E-state index contributed by atoms with van der Waals surface area (Å²) in [4.78, 5) is 4.46. The zero-order valence-corrected chi connectivity index (χ0v) is 17.5. The molecule has 0 aliphatic carbocycles. The maximum atomic E-state index is 13.3. The van der Waals surface area contributed by atoms with E-state index in [0.29, 0.717) is 16.4 Å². The summed E-state index contributed by atoms with van der Waals surface area (Å²) < 4.78 is 41.9. The van der Waals surface area contributed by atoms with Crippen LogP contribution >= 0.6 is 27.3 Å². The Balaban J connectivity index is 1.75. The van der Waals surface area contributed by atoms with Gasteiger partial charge in [-0.1, -0.05) is 46.3 Å². The first-order valence-corrected chi connectivity index (χ1v) is 10.3. The Bertz CT molecular complexity index is 1210. The van der Waals surface area contributed by atoms with Gasteiger partial charge in [-0.2, -0.15) is 18.3 Å². The summed E-state index contributed by atoms with van der Waals surface area (Å²) in [5, 5.41) is 15.7. The average molecular weight is 492 g/mol. The number of phenols is 1. The van der Waals surface area contributed by atoms with E-state index < -0.39 is 11.9 Å². The molecule has 2 aromatic carbocycles. The Kier molecular flexibility index (Phi) is 5.48. The number of thiazole rings is 1. The molecule has 0 atom stereocenters. The molecule has 0 aliphatic heterocycles. The largest absolute Gasteiger partial charge is 0.507 e. The molecule has 0 amide bonds. The fraction of sp³-hybridized carbons (Fsp3) is 0.0476. The minimum Gasteiger partial charge on any atom is -0.507 e. The van der Waals surface area contributed by atoms with Crippen molar-refractivity contribution in [2.45, 2.75) is 6.18 Å². The highest BCUT2D eigenvalue weighted by Crippen LogP contribution is 2.32. The van der Waals surface area contributed by atoms with Crippen LogP contribution < -0.4 is 0 Å². The van der Waals surface area contributed by atoms with E-state index in [9.17, 15) is 18.3 Å². The van der Waals surface area contributed by atoms with Gasteiger partial charge < -0.3 is 5.11 Å². The van der Waals surface area contributed by atoms with Crippen LogP contribution in [-0.2, 0) is 6.18 Å². The monoisotopic (exact) mass is 491 g/mol. The molecular weight excluding hydrogens is 479 g/mol. The number of aromatic nitrogens is 3. The highest BCUT2D eigenvalue weighted by atomic mass is 79.9. The van der Waals surface area contributed by atoms with Gasteiger partial charge in [0, 0.05) is 21.0 Å². The lowest BCUT2D eigenvalue weighted by atomic mass is 10.2. The minimum atomic E-state index is -4.59. The van der Waals surface area contributed by atoms with Crippen LogP contribution in [0.25, 0.3) is 28.5 Å². The van der Waals surface area contributed by atoms with Crippen LogP contribution in [0.5, 0.6) is 5.75 Å². The molecule has 0 saturated carbocycles. The summed E-state index contributed by atoms with van der Waals surface area (Å²) in [6, 6.07) is 15.0. The number of alkyl halides is 3. The van der Waals surface area contributed by atoms with Crippen LogP contribution in [0.1, 0.15) is 17.0 Å². The van der Waals surface area contributed by atoms with Gasteiger partial charge in [0.1, 0.15) is 5.75 Å². The van der Waals surface area contributed by atoms with Crippen LogP contribution in [0.15, 0.2) is 64.5 Å². The zero-order valence-electron chi connectivity index (χ0n) is 15.1. The van der Waals surface area contributed by atoms with Crippen molar-refractivity contribution in [3.8, 4) is 22.1 Å². The van der Waals surface area contributed by atoms with Crippen LogP contribution in [0.3, 0.4) is 0 Å². The number of rotatable bonds is 4. The van der Waals surface area contributed by atoms with Crippen LogP contribution in [0, 0.1) is 0 Å². The molecule has 30 heavy (non-hydrogen) atoms. The predicted octanol–water partition coefficient (Wildman–Crippen LogP) is 6.65. The molecule has 0 unspecified atom stereocenters. The van der Waals surface area contributed by atoms with Crippen LogP contribution in [0.4, 0.5) is 13.2 Å². The van der Waals surface area contributed by atoms with E-state index in [1.165, 1.54) is 29.6 Å². The van der Waals surface area contributed by atoms with E-state index in [4.69, 9.17) is 0 Å². The normalized spacial score (nSPS) is 12.0. The quantitative estimate of drug-likeness (QED) is 0.347. The summed E-state index contributed by atoms with van der Waals surface area (Å²) in [5.41, 5.74) is 1.15. The third kappa shape index (κ3) is 4.31. The van der Waals surface area contributed by atoms with Gasteiger partial charge in [-0.15, -0.1) is 11.3 Å². The highest BCUT2D eigenvalue weighted by Gasteiger charge is 2.35. The number of para-hydroxylation sites is 1. The van der Waals surface area contributed by atoms with E-state index >= 15 is 0 Å². The fourth-order valence-corrected chi connectivity index (χ4v) is 3.79. The molecule has 1 N–H and O–H groups in total. The lowest BCUT2D eigenvalue weighted by Gasteiger charge is -2.01. The second kappa shape index (κ2) is 8.08. The molecule has 4 aromatic rings. The van der Waals surface area contributed by atoms with Crippen molar-refractivity contribution in [2.75, 3.05) is 0 Å². The molecule has 0 saturated heterocycles. The number of benzene rings is 2. The van der Waals surface area contributed by atoms with E-state index in [0.717, 1.165) is 20.8 Å². The fourth-order valence-electron chi connectivity index (χ4n) is 2.72. The summed E-state index contributed by atoms with van der Waals surface area (Å²) in [6.45, 7) is 0.